The SMILES string of the molecule is CS(=O)(=O)c1ccc(-c2ccc3[nH]c4ncnc(NC5CCCCC5)c4c3c2)cc1F. The molecule has 6 nitrogen and oxygen atoms in total. The van der Waals surface area contributed by atoms with Gasteiger partial charge < -0.3 is 10.3 Å². The molecule has 2 aromatic heterocycles. The molecular formula is C23H23FN4O2S. The van der Waals surface area contributed by atoms with Gasteiger partial charge in [-0.3, -0.25) is 0 Å². The Morgan fingerprint density at radius 3 is 2.52 bits per heavy atom. The highest BCUT2D eigenvalue weighted by Crippen LogP contribution is 2.34. The van der Waals surface area contributed by atoms with E-state index in [0.29, 0.717) is 11.6 Å². The van der Waals surface area contributed by atoms with Crippen molar-refractivity contribution >= 4 is 37.6 Å². The number of rotatable bonds is 4. The molecule has 2 N–H and O–H groups in total. The number of halogens is 1. The van der Waals surface area contributed by atoms with Crippen LogP contribution in [0, 0.1) is 5.82 Å². The van der Waals surface area contributed by atoms with Gasteiger partial charge in [-0.1, -0.05) is 31.4 Å². The summed E-state index contributed by atoms with van der Waals surface area (Å²) < 4.78 is 37.9. The van der Waals surface area contributed by atoms with E-state index in [4.69, 9.17) is 0 Å². The third-order valence-corrected chi connectivity index (χ3v) is 7.13. The monoisotopic (exact) mass is 438 g/mol. The standard InChI is InChI=1S/C23H23FN4O2S/c1-31(29,30)20-10-8-15(12-18(20)24)14-7-9-19-17(11-14)21-22(25-13-26-23(21)28-19)27-16-5-3-2-4-6-16/h7-13,16H,2-6H2,1H3,(H2,25,26,27,28). The Balaban J connectivity index is 1.60. The quantitative estimate of drug-likeness (QED) is 0.465. The molecular weight excluding hydrogens is 415 g/mol. The van der Waals surface area contributed by atoms with E-state index in [1.807, 2.05) is 18.2 Å². The van der Waals surface area contributed by atoms with Gasteiger partial charge >= 0.3 is 0 Å². The van der Waals surface area contributed by atoms with Gasteiger partial charge in [-0.25, -0.2) is 22.8 Å². The van der Waals surface area contributed by atoms with Gasteiger partial charge in [0.15, 0.2) is 9.84 Å². The molecule has 5 rings (SSSR count). The Morgan fingerprint density at radius 1 is 1.03 bits per heavy atom. The molecule has 1 aliphatic carbocycles. The predicted octanol–water partition coefficient (Wildman–Crippen LogP) is 5.07. The van der Waals surface area contributed by atoms with Crippen LogP contribution in [0.1, 0.15) is 32.1 Å². The fourth-order valence-electron chi connectivity index (χ4n) is 4.43. The lowest BCUT2D eigenvalue weighted by atomic mass is 9.95. The number of anilines is 1. The van der Waals surface area contributed by atoms with E-state index in [0.717, 1.165) is 52.4 Å². The second kappa shape index (κ2) is 7.60. The van der Waals surface area contributed by atoms with Crippen LogP contribution in [0.5, 0.6) is 0 Å². The van der Waals surface area contributed by atoms with Gasteiger partial charge in [-0.2, -0.15) is 0 Å². The first-order valence-corrected chi connectivity index (χ1v) is 12.3. The van der Waals surface area contributed by atoms with Crippen molar-refractivity contribution in [3.63, 3.8) is 0 Å². The number of aromatic nitrogens is 3. The summed E-state index contributed by atoms with van der Waals surface area (Å²) in [6, 6.07) is 10.4. The van der Waals surface area contributed by atoms with Crippen molar-refractivity contribution < 1.29 is 12.8 Å². The molecule has 0 atom stereocenters. The van der Waals surface area contributed by atoms with Crippen molar-refractivity contribution in [3.8, 4) is 11.1 Å². The van der Waals surface area contributed by atoms with Crippen molar-refractivity contribution in [1.82, 2.24) is 15.0 Å². The van der Waals surface area contributed by atoms with E-state index in [1.165, 1.54) is 31.4 Å². The highest BCUT2D eigenvalue weighted by Gasteiger charge is 2.18. The molecule has 8 heteroatoms. The summed E-state index contributed by atoms with van der Waals surface area (Å²) in [5.41, 5.74) is 3.07. The van der Waals surface area contributed by atoms with Crippen LogP contribution in [-0.4, -0.2) is 35.7 Å². The van der Waals surface area contributed by atoms with Crippen LogP contribution in [-0.2, 0) is 9.84 Å². The number of aromatic amines is 1. The van der Waals surface area contributed by atoms with Crippen LogP contribution in [0.4, 0.5) is 10.2 Å². The van der Waals surface area contributed by atoms with Gasteiger partial charge in [-0.15, -0.1) is 0 Å². The number of fused-ring (bicyclic) bond motifs is 3. The number of sulfone groups is 1. The molecule has 1 aliphatic rings. The first-order chi connectivity index (χ1) is 14.9. The van der Waals surface area contributed by atoms with Gasteiger partial charge in [0.1, 0.15) is 28.5 Å². The van der Waals surface area contributed by atoms with Crippen molar-refractivity contribution in [2.75, 3.05) is 11.6 Å². The van der Waals surface area contributed by atoms with E-state index in [9.17, 15) is 12.8 Å². The van der Waals surface area contributed by atoms with Crippen molar-refractivity contribution in [2.24, 2.45) is 0 Å². The molecule has 0 bridgehead atoms. The van der Waals surface area contributed by atoms with Gasteiger partial charge in [0.25, 0.3) is 0 Å². The third kappa shape index (κ3) is 3.76. The lowest BCUT2D eigenvalue weighted by Gasteiger charge is -2.23. The van der Waals surface area contributed by atoms with Gasteiger partial charge in [-0.05, 0) is 48.2 Å². The summed E-state index contributed by atoms with van der Waals surface area (Å²) in [5.74, 6) is 0.0564. The largest absolute Gasteiger partial charge is 0.367 e. The first-order valence-electron chi connectivity index (χ1n) is 10.4. The molecule has 1 fully saturated rings. The molecule has 31 heavy (non-hydrogen) atoms. The van der Waals surface area contributed by atoms with E-state index in [2.05, 4.69) is 20.3 Å². The third-order valence-electron chi connectivity index (χ3n) is 6.00. The molecule has 160 valence electrons. The minimum atomic E-state index is -3.61. The molecule has 0 unspecified atom stereocenters. The van der Waals surface area contributed by atoms with Crippen molar-refractivity contribution in [1.29, 1.82) is 0 Å². The Bertz CT molecular complexity index is 1390. The summed E-state index contributed by atoms with van der Waals surface area (Å²) in [5, 5.41) is 5.46. The maximum Gasteiger partial charge on any atom is 0.178 e. The van der Waals surface area contributed by atoms with Gasteiger partial charge in [0, 0.05) is 23.2 Å². The number of nitrogens with one attached hydrogen (secondary N) is 2. The minimum absolute atomic E-state index is 0.295. The number of hydrogen-bond acceptors (Lipinski definition) is 5. The number of H-pyrrole nitrogens is 1. The topological polar surface area (TPSA) is 87.7 Å². The van der Waals surface area contributed by atoms with Crippen LogP contribution in [0.3, 0.4) is 0 Å². The summed E-state index contributed by atoms with van der Waals surface area (Å²) >= 11 is 0. The maximum atomic E-state index is 14.4. The molecule has 0 aliphatic heterocycles. The summed E-state index contributed by atoms with van der Waals surface area (Å²) in [6.07, 6.45) is 8.55. The summed E-state index contributed by atoms with van der Waals surface area (Å²) in [6.45, 7) is 0. The Kier molecular flexibility index (Phi) is 4.89. The number of benzene rings is 2. The van der Waals surface area contributed by atoms with E-state index < -0.39 is 15.7 Å². The minimum Gasteiger partial charge on any atom is -0.367 e. The smallest absolute Gasteiger partial charge is 0.178 e. The van der Waals surface area contributed by atoms with E-state index in [1.54, 1.807) is 12.4 Å². The maximum absolute atomic E-state index is 14.4. The van der Waals surface area contributed by atoms with Crippen LogP contribution < -0.4 is 5.32 Å². The molecule has 2 aromatic carbocycles. The Morgan fingerprint density at radius 2 is 1.77 bits per heavy atom. The lowest BCUT2D eigenvalue weighted by Crippen LogP contribution is -2.22. The zero-order valence-electron chi connectivity index (χ0n) is 17.2. The molecule has 0 radical (unpaired) electrons. The number of hydrogen-bond donors (Lipinski definition) is 2. The molecule has 0 amide bonds. The van der Waals surface area contributed by atoms with E-state index in [-0.39, 0.29) is 4.90 Å². The second-order valence-corrected chi connectivity index (χ2v) is 10.2. The van der Waals surface area contributed by atoms with Crippen LogP contribution >= 0.6 is 0 Å². The average molecular weight is 439 g/mol. The van der Waals surface area contributed by atoms with Crippen LogP contribution in [0.2, 0.25) is 0 Å². The van der Waals surface area contributed by atoms with E-state index >= 15 is 0 Å². The van der Waals surface area contributed by atoms with Crippen LogP contribution in [0.25, 0.3) is 33.1 Å². The zero-order chi connectivity index (χ0) is 21.6. The van der Waals surface area contributed by atoms with Gasteiger partial charge in [0.05, 0.1) is 5.39 Å². The van der Waals surface area contributed by atoms with Crippen molar-refractivity contribution in [3.05, 3.63) is 48.5 Å². The number of nitrogens with zero attached hydrogens (tertiary/aromatic N) is 2. The summed E-state index contributed by atoms with van der Waals surface area (Å²) in [7, 11) is -3.61. The molecule has 0 spiro atoms. The summed E-state index contributed by atoms with van der Waals surface area (Å²) in [4.78, 5) is 11.9. The Labute approximate surface area is 179 Å². The second-order valence-electron chi connectivity index (χ2n) is 8.23. The van der Waals surface area contributed by atoms with Gasteiger partial charge in [0.2, 0.25) is 0 Å². The first kappa shape index (κ1) is 19.9. The normalized spacial score (nSPS) is 15.5. The molecule has 1 saturated carbocycles. The highest BCUT2D eigenvalue weighted by atomic mass is 32.2. The fraction of sp³-hybridized carbons (Fsp3) is 0.304. The predicted molar refractivity (Wildman–Crippen MR) is 120 cm³/mol. The highest BCUT2D eigenvalue weighted by molar-refractivity contribution is 7.90. The lowest BCUT2D eigenvalue weighted by molar-refractivity contribution is 0.462. The molecule has 0 saturated heterocycles. The van der Waals surface area contributed by atoms with Crippen LogP contribution in [0.15, 0.2) is 47.6 Å². The molecule has 4 aromatic rings. The average Bonchev–Trinajstić information content (AvgIpc) is 3.12. The zero-order valence-corrected chi connectivity index (χ0v) is 18.0. The Hall–Kier alpha value is -3.00. The van der Waals surface area contributed by atoms with Crippen molar-refractivity contribution in [2.45, 2.75) is 43.0 Å². The molecule has 2 heterocycles. The fourth-order valence-corrected chi connectivity index (χ4v) is 5.16.